The lowest BCUT2D eigenvalue weighted by molar-refractivity contribution is -0.137. The lowest BCUT2D eigenvalue weighted by Gasteiger charge is -2.07. The van der Waals surface area contributed by atoms with Gasteiger partial charge in [0.05, 0.1) is 36.0 Å². The van der Waals surface area contributed by atoms with E-state index in [-0.39, 0.29) is 5.97 Å². The van der Waals surface area contributed by atoms with Crippen LogP contribution in [0.2, 0.25) is 0 Å². The molecule has 0 aliphatic carbocycles. The molecule has 0 bridgehead atoms. The predicted molar refractivity (Wildman–Crippen MR) is 140 cm³/mol. The monoisotopic (exact) mass is 505 g/mol. The standard InChI is InChI=1S/C30H35NO6/c1-2-28(32)35-21-11-9-7-5-3-4-6-8-10-12-22-36-29(33)25-17-19-27(20-18-25)37-30(34)26-15-13-24(23-31)14-16-26/h2,13-20H,1,3-12,21-22H2. The molecule has 0 saturated carbocycles. The van der Waals surface area contributed by atoms with Crippen molar-refractivity contribution in [3.05, 3.63) is 77.9 Å². The lowest BCUT2D eigenvalue weighted by atomic mass is 10.1. The lowest BCUT2D eigenvalue weighted by Crippen LogP contribution is -2.09. The molecule has 37 heavy (non-hydrogen) atoms. The van der Waals surface area contributed by atoms with E-state index >= 15 is 0 Å². The molecular weight excluding hydrogens is 470 g/mol. The molecule has 7 heteroatoms. The molecule has 2 aromatic rings. The third kappa shape index (κ3) is 12.0. The van der Waals surface area contributed by atoms with Crippen molar-refractivity contribution in [2.75, 3.05) is 13.2 Å². The van der Waals surface area contributed by atoms with Crippen LogP contribution in [0, 0.1) is 11.3 Å². The molecule has 0 aliphatic heterocycles. The Labute approximate surface area is 219 Å². The van der Waals surface area contributed by atoms with Crippen molar-refractivity contribution >= 4 is 17.9 Å². The fourth-order valence-electron chi connectivity index (χ4n) is 3.60. The zero-order chi connectivity index (χ0) is 26.7. The molecule has 0 aliphatic rings. The molecule has 2 aromatic carbocycles. The summed E-state index contributed by atoms with van der Waals surface area (Å²) >= 11 is 0. The number of nitrogens with zero attached hydrogens (tertiary/aromatic N) is 1. The zero-order valence-corrected chi connectivity index (χ0v) is 21.3. The van der Waals surface area contributed by atoms with Gasteiger partial charge in [-0.3, -0.25) is 0 Å². The fraction of sp³-hybridized carbons (Fsp3) is 0.400. The van der Waals surface area contributed by atoms with Gasteiger partial charge in [-0.25, -0.2) is 14.4 Å². The van der Waals surface area contributed by atoms with Crippen molar-refractivity contribution < 1.29 is 28.6 Å². The summed E-state index contributed by atoms with van der Waals surface area (Å²) in [5.41, 5.74) is 1.20. The van der Waals surface area contributed by atoms with Gasteiger partial charge in [-0.15, -0.1) is 0 Å². The van der Waals surface area contributed by atoms with Gasteiger partial charge in [-0.05, 0) is 61.4 Å². The number of hydrogen-bond acceptors (Lipinski definition) is 7. The smallest absolute Gasteiger partial charge is 0.343 e. The topological polar surface area (TPSA) is 103 Å². The number of carbonyl (C=O) groups excluding carboxylic acids is 3. The summed E-state index contributed by atoms with van der Waals surface area (Å²) in [5.74, 6) is -0.974. The van der Waals surface area contributed by atoms with Gasteiger partial charge < -0.3 is 14.2 Å². The Kier molecular flexibility index (Phi) is 13.9. The Morgan fingerprint density at radius 3 is 1.65 bits per heavy atom. The summed E-state index contributed by atoms with van der Waals surface area (Å²) in [5, 5.41) is 8.83. The third-order valence-electron chi connectivity index (χ3n) is 5.73. The Hall–Kier alpha value is -3.92. The van der Waals surface area contributed by atoms with Crippen LogP contribution in [0.15, 0.2) is 61.2 Å². The zero-order valence-electron chi connectivity index (χ0n) is 21.3. The van der Waals surface area contributed by atoms with E-state index in [1.165, 1.54) is 43.9 Å². The highest BCUT2D eigenvalue weighted by Gasteiger charge is 2.11. The second kappa shape index (κ2) is 17.5. The van der Waals surface area contributed by atoms with Crippen LogP contribution in [-0.4, -0.2) is 31.1 Å². The minimum absolute atomic E-state index is 0.319. The number of carbonyl (C=O) groups is 3. The molecule has 0 saturated heterocycles. The molecule has 0 amide bonds. The van der Waals surface area contributed by atoms with Crippen LogP contribution in [0.4, 0.5) is 0 Å². The quantitative estimate of drug-likeness (QED) is 0.104. The number of rotatable bonds is 17. The summed E-state index contributed by atoms with van der Waals surface area (Å²) < 4.78 is 15.6. The van der Waals surface area contributed by atoms with Crippen LogP contribution in [0.1, 0.15) is 90.5 Å². The molecule has 0 fully saturated rings. The SMILES string of the molecule is C=CC(=O)OCCCCCCCCCCCCOC(=O)c1ccc(OC(=O)c2ccc(C#N)cc2)cc1. The van der Waals surface area contributed by atoms with E-state index in [1.807, 2.05) is 6.07 Å². The Bertz CT molecular complexity index is 1040. The van der Waals surface area contributed by atoms with Gasteiger partial charge in [0.2, 0.25) is 0 Å². The van der Waals surface area contributed by atoms with Crippen molar-refractivity contribution in [3.63, 3.8) is 0 Å². The average Bonchev–Trinajstić information content (AvgIpc) is 2.93. The van der Waals surface area contributed by atoms with Crippen molar-refractivity contribution in [2.24, 2.45) is 0 Å². The average molecular weight is 506 g/mol. The number of benzene rings is 2. The minimum Gasteiger partial charge on any atom is -0.463 e. The van der Waals surface area contributed by atoms with E-state index < -0.39 is 11.9 Å². The maximum absolute atomic E-state index is 12.2. The Morgan fingerprint density at radius 2 is 1.14 bits per heavy atom. The van der Waals surface area contributed by atoms with Gasteiger partial charge >= 0.3 is 17.9 Å². The molecule has 0 atom stereocenters. The minimum atomic E-state index is -0.538. The van der Waals surface area contributed by atoms with Crippen LogP contribution >= 0.6 is 0 Å². The maximum atomic E-state index is 12.2. The van der Waals surface area contributed by atoms with Gasteiger partial charge in [-0.2, -0.15) is 5.26 Å². The largest absolute Gasteiger partial charge is 0.463 e. The van der Waals surface area contributed by atoms with Crippen LogP contribution in [0.5, 0.6) is 5.75 Å². The number of nitriles is 1. The molecule has 0 aromatic heterocycles. The molecule has 0 N–H and O–H groups in total. The first-order valence-corrected chi connectivity index (χ1v) is 12.8. The van der Waals surface area contributed by atoms with Crippen LogP contribution in [0.3, 0.4) is 0 Å². The molecule has 0 spiro atoms. The highest BCUT2D eigenvalue weighted by Crippen LogP contribution is 2.16. The molecule has 196 valence electrons. The number of unbranched alkanes of at least 4 members (excludes halogenated alkanes) is 9. The maximum Gasteiger partial charge on any atom is 0.343 e. The second-order valence-corrected chi connectivity index (χ2v) is 8.65. The summed E-state index contributed by atoms with van der Waals surface area (Å²) in [7, 11) is 0. The molecule has 2 rings (SSSR count). The summed E-state index contributed by atoms with van der Waals surface area (Å²) in [6.45, 7) is 4.22. The molecule has 0 heterocycles. The van der Waals surface area contributed by atoms with Crippen LogP contribution in [-0.2, 0) is 14.3 Å². The van der Waals surface area contributed by atoms with Crippen molar-refractivity contribution in [1.29, 1.82) is 5.26 Å². The number of ether oxygens (including phenoxy) is 3. The fourth-order valence-corrected chi connectivity index (χ4v) is 3.60. The molecule has 0 radical (unpaired) electrons. The number of hydrogen-bond donors (Lipinski definition) is 0. The van der Waals surface area contributed by atoms with Crippen LogP contribution in [0.25, 0.3) is 0 Å². The highest BCUT2D eigenvalue weighted by atomic mass is 16.5. The third-order valence-corrected chi connectivity index (χ3v) is 5.73. The van der Waals surface area contributed by atoms with E-state index in [9.17, 15) is 14.4 Å². The van der Waals surface area contributed by atoms with E-state index in [2.05, 4.69) is 6.58 Å². The second-order valence-electron chi connectivity index (χ2n) is 8.65. The van der Waals surface area contributed by atoms with Crippen molar-refractivity contribution in [1.82, 2.24) is 0 Å². The molecule has 0 unspecified atom stereocenters. The summed E-state index contributed by atoms with van der Waals surface area (Å²) in [6, 6.07) is 14.4. The highest BCUT2D eigenvalue weighted by molar-refractivity contribution is 5.92. The van der Waals surface area contributed by atoms with Crippen molar-refractivity contribution in [3.8, 4) is 11.8 Å². The van der Waals surface area contributed by atoms with Crippen molar-refractivity contribution in [2.45, 2.75) is 64.2 Å². The van der Waals surface area contributed by atoms with Gasteiger partial charge in [0.25, 0.3) is 0 Å². The Balaban J connectivity index is 1.50. The predicted octanol–water partition coefficient (Wildman–Crippen LogP) is 6.56. The molecular formula is C30H35NO6. The first-order valence-electron chi connectivity index (χ1n) is 12.8. The van der Waals surface area contributed by atoms with E-state index in [1.54, 1.807) is 36.4 Å². The van der Waals surface area contributed by atoms with Gasteiger partial charge in [0.15, 0.2) is 0 Å². The summed E-state index contributed by atoms with van der Waals surface area (Å²) in [4.78, 5) is 35.3. The van der Waals surface area contributed by atoms with Gasteiger partial charge in [-0.1, -0.05) is 57.9 Å². The van der Waals surface area contributed by atoms with Gasteiger partial charge in [0.1, 0.15) is 5.75 Å². The molecule has 7 nitrogen and oxygen atoms in total. The summed E-state index contributed by atoms with van der Waals surface area (Å²) in [6.07, 6.45) is 12.1. The van der Waals surface area contributed by atoms with E-state index in [4.69, 9.17) is 19.5 Å². The van der Waals surface area contributed by atoms with Gasteiger partial charge in [0, 0.05) is 6.08 Å². The normalized spacial score (nSPS) is 10.2. The van der Waals surface area contributed by atoms with Crippen LogP contribution < -0.4 is 4.74 Å². The first-order chi connectivity index (χ1) is 18.0. The van der Waals surface area contributed by atoms with E-state index in [0.717, 1.165) is 38.5 Å². The number of esters is 3. The van der Waals surface area contributed by atoms with E-state index in [0.29, 0.717) is 35.7 Å². The Morgan fingerprint density at radius 1 is 0.676 bits per heavy atom. The first kappa shape index (κ1) is 29.3.